The number of nitrogens with zero attached hydrogens (tertiary/aromatic N) is 1. The standard InChI is InChI=1S/C12H20NO2.HI/c1-5-14-12(15-6-2)11-9-7-8-10(3)13(11)4;/h7-9,12H,5-6H2,1-4H3;1H/q+1;/p-1. The van der Waals surface area contributed by atoms with Gasteiger partial charge in [-0.15, -0.1) is 0 Å². The number of aryl methyl sites for hydroxylation is 1. The van der Waals surface area contributed by atoms with Crippen LogP contribution in [0.3, 0.4) is 0 Å². The molecule has 0 fully saturated rings. The third-order valence-electron chi connectivity index (χ3n) is 2.40. The summed E-state index contributed by atoms with van der Waals surface area (Å²) in [4.78, 5) is 0. The second-order valence-corrected chi connectivity index (χ2v) is 3.39. The van der Waals surface area contributed by atoms with Gasteiger partial charge in [0.05, 0.1) is 0 Å². The highest BCUT2D eigenvalue weighted by molar-refractivity contribution is 5.03. The van der Waals surface area contributed by atoms with Crippen LogP contribution < -0.4 is 28.5 Å². The van der Waals surface area contributed by atoms with Crippen LogP contribution in [0.5, 0.6) is 0 Å². The largest absolute Gasteiger partial charge is 1.00 e. The molecule has 0 amide bonds. The molecule has 1 aromatic heterocycles. The molecule has 0 unspecified atom stereocenters. The van der Waals surface area contributed by atoms with Gasteiger partial charge in [0, 0.05) is 32.3 Å². The lowest BCUT2D eigenvalue weighted by molar-refractivity contribution is -0.692. The number of hydrogen-bond acceptors (Lipinski definition) is 2. The van der Waals surface area contributed by atoms with E-state index in [1.165, 1.54) is 5.69 Å². The van der Waals surface area contributed by atoms with Crippen molar-refractivity contribution >= 4 is 0 Å². The van der Waals surface area contributed by atoms with Gasteiger partial charge in [-0.05, 0) is 19.9 Å². The Kier molecular flexibility index (Phi) is 7.87. The van der Waals surface area contributed by atoms with Gasteiger partial charge in [0.15, 0.2) is 5.69 Å². The van der Waals surface area contributed by atoms with Crippen LogP contribution in [0.1, 0.15) is 31.5 Å². The van der Waals surface area contributed by atoms with Gasteiger partial charge in [0.1, 0.15) is 7.05 Å². The molecule has 16 heavy (non-hydrogen) atoms. The first-order chi connectivity index (χ1) is 7.20. The van der Waals surface area contributed by atoms with Crippen LogP contribution in [0, 0.1) is 6.92 Å². The van der Waals surface area contributed by atoms with E-state index in [2.05, 4.69) is 17.6 Å². The fourth-order valence-electron chi connectivity index (χ4n) is 1.47. The third kappa shape index (κ3) is 3.99. The molecular formula is C12H20INO2. The van der Waals surface area contributed by atoms with Crippen LogP contribution in [0.4, 0.5) is 0 Å². The Bertz CT molecular complexity index is 312. The Morgan fingerprint density at radius 1 is 1.19 bits per heavy atom. The lowest BCUT2D eigenvalue weighted by Crippen LogP contribution is -3.00. The van der Waals surface area contributed by atoms with Crippen LogP contribution in [-0.2, 0) is 16.5 Å². The second kappa shape index (κ2) is 7.97. The summed E-state index contributed by atoms with van der Waals surface area (Å²) in [6.07, 6.45) is -0.259. The molecule has 1 rings (SSSR count). The maximum atomic E-state index is 5.56. The van der Waals surface area contributed by atoms with Gasteiger partial charge in [-0.3, -0.25) is 0 Å². The number of halogens is 1. The quantitative estimate of drug-likeness (QED) is 0.387. The first-order valence-corrected chi connectivity index (χ1v) is 5.39. The molecule has 92 valence electrons. The average Bonchev–Trinajstić information content (AvgIpc) is 2.22. The summed E-state index contributed by atoms with van der Waals surface area (Å²) in [6, 6.07) is 6.12. The highest BCUT2D eigenvalue weighted by atomic mass is 127. The van der Waals surface area contributed by atoms with Crippen molar-refractivity contribution in [3.8, 4) is 0 Å². The van der Waals surface area contributed by atoms with Crippen LogP contribution >= 0.6 is 0 Å². The van der Waals surface area contributed by atoms with Crippen molar-refractivity contribution in [2.24, 2.45) is 7.05 Å². The Morgan fingerprint density at radius 2 is 1.75 bits per heavy atom. The maximum absolute atomic E-state index is 5.56. The van der Waals surface area contributed by atoms with E-state index in [1.54, 1.807) is 0 Å². The minimum atomic E-state index is -0.259. The van der Waals surface area contributed by atoms with E-state index in [0.29, 0.717) is 13.2 Å². The van der Waals surface area contributed by atoms with Gasteiger partial charge in [-0.2, -0.15) is 4.57 Å². The first kappa shape index (κ1) is 15.8. The highest BCUT2D eigenvalue weighted by Gasteiger charge is 2.21. The Morgan fingerprint density at radius 3 is 2.25 bits per heavy atom. The molecule has 0 saturated carbocycles. The molecular weight excluding hydrogens is 317 g/mol. The van der Waals surface area contributed by atoms with Crippen molar-refractivity contribution in [3.63, 3.8) is 0 Å². The molecule has 1 heterocycles. The van der Waals surface area contributed by atoms with E-state index >= 15 is 0 Å². The lowest BCUT2D eigenvalue weighted by Gasteiger charge is -2.15. The molecule has 0 aliphatic heterocycles. The molecule has 0 aliphatic carbocycles. The summed E-state index contributed by atoms with van der Waals surface area (Å²) >= 11 is 0. The number of aromatic nitrogens is 1. The van der Waals surface area contributed by atoms with Crippen LogP contribution in [-0.4, -0.2) is 13.2 Å². The SMILES string of the molecule is CCOC(OCC)c1cccc(C)[n+]1C.[I-]. The summed E-state index contributed by atoms with van der Waals surface area (Å²) in [5, 5.41) is 0. The summed E-state index contributed by atoms with van der Waals surface area (Å²) in [5.41, 5.74) is 2.25. The van der Waals surface area contributed by atoms with Gasteiger partial charge in [0.25, 0.3) is 0 Å². The normalized spacial score (nSPS) is 10.3. The molecule has 0 spiro atoms. The Hall–Kier alpha value is -0.200. The predicted octanol–water partition coefficient (Wildman–Crippen LogP) is -1.10. The van der Waals surface area contributed by atoms with Crippen LogP contribution in [0.25, 0.3) is 0 Å². The van der Waals surface area contributed by atoms with Crippen LogP contribution in [0.15, 0.2) is 18.2 Å². The van der Waals surface area contributed by atoms with Gasteiger partial charge in [-0.25, -0.2) is 0 Å². The van der Waals surface area contributed by atoms with E-state index in [-0.39, 0.29) is 30.3 Å². The van der Waals surface area contributed by atoms with Crippen LogP contribution in [0.2, 0.25) is 0 Å². The molecule has 1 aromatic rings. The van der Waals surface area contributed by atoms with Gasteiger partial charge in [0.2, 0.25) is 12.0 Å². The zero-order valence-electron chi connectivity index (χ0n) is 10.4. The summed E-state index contributed by atoms with van der Waals surface area (Å²) in [6.45, 7) is 7.32. The summed E-state index contributed by atoms with van der Waals surface area (Å²) in [7, 11) is 2.02. The Balaban J connectivity index is 0.00000225. The van der Waals surface area contributed by atoms with Gasteiger partial charge < -0.3 is 33.5 Å². The minimum absolute atomic E-state index is 0. The van der Waals surface area contributed by atoms with E-state index in [1.807, 2.05) is 33.0 Å². The molecule has 0 saturated heterocycles. The Labute approximate surface area is 115 Å². The number of pyridine rings is 1. The van der Waals surface area contributed by atoms with E-state index < -0.39 is 0 Å². The monoisotopic (exact) mass is 337 g/mol. The fourth-order valence-corrected chi connectivity index (χ4v) is 1.47. The zero-order chi connectivity index (χ0) is 11.3. The number of rotatable bonds is 5. The zero-order valence-corrected chi connectivity index (χ0v) is 12.5. The van der Waals surface area contributed by atoms with Crippen molar-refractivity contribution < 1.29 is 38.0 Å². The molecule has 0 aliphatic rings. The fraction of sp³-hybridized carbons (Fsp3) is 0.583. The third-order valence-corrected chi connectivity index (χ3v) is 2.40. The van der Waals surface area contributed by atoms with Crippen molar-refractivity contribution in [3.05, 3.63) is 29.6 Å². The smallest absolute Gasteiger partial charge is 0.244 e. The van der Waals surface area contributed by atoms with Crippen molar-refractivity contribution in [1.82, 2.24) is 0 Å². The molecule has 0 aromatic carbocycles. The van der Waals surface area contributed by atoms with Gasteiger partial charge >= 0.3 is 0 Å². The second-order valence-electron chi connectivity index (χ2n) is 3.39. The molecule has 0 atom stereocenters. The molecule has 4 heteroatoms. The van der Waals surface area contributed by atoms with Crippen molar-refractivity contribution in [2.75, 3.05) is 13.2 Å². The van der Waals surface area contributed by atoms with E-state index in [4.69, 9.17) is 9.47 Å². The lowest BCUT2D eigenvalue weighted by atomic mass is 10.3. The highest BCUT2D eigenvalue weighted by Crippen LogP contribution is 2.15. The van der Waals surface area contributed by atoms with Crippen molar-refractivity contribution in [2.45, 2.75) is 27.1 Å². The molecule has 0 bridgehead atoms. The average molecular weight is 337 g/mol. The predicted molar refractivity (Wildman–Crippen MR) is 58.3 cm³/mol. The summed E-state index contributed by atoms with van der Waals surface area (Å²) in [5.74, 6) is 0. The number of ether oxygens (including phenoxy) is 2. The molecule has 0 radical (unpaired) electrons. The minimum Gasteiger partial charge on any atom is -1.00 e. The summed E-state index contributed by atoms with van der Waals surface area (Å²) < 4.78 is 13.2. The first-order valence-electron chi connectivity index (χ1n) is 5.39. The molecule has 0 N–H and O–H groups in total. The van der Waals surface area contributed by atoms with E-state index in [9.17, 15) is 0 Å². The van der Waals surface area contributed by atoms with Gasteiger partial charge in [-0.1, -0.05) is 0 Å². The maximum Gasteiger partial charge on any atom is 0.244 e. The molecule has 3 nitrogen and oxygen atoms in total. The topological polar surface area (TPSA) is 22.3 Å². The van der Waals surface area contributed by atoms with E-state index in [0.717, 1.165) is 5.69 Å². The van der Waals surface area contributed by atoms with Crippen molar-refractivity contribution in [1.29, 1.82) is 0 Å². The number of hydrogen-bond donors (Lipinski definition) is 0.